The van der Waals surface area contributed by atoms with Gasteiger partial charge in [-0.1, -0.05) is 11.3 Å². The molecule has 0 aliphatic heterocycles. The molecule has 0 radical (unpaired) electrons. The molecular weight excluding hydrogens is 308 g/mol. The predicted octanol–water partition coefficient (Wildman–Crippen LogP) is 3.51. The van der Waals surface area contributed by atoms with E-state index in [1.54, 1.807) is 0 Å². The molecular formula is C17H14N4OS. The lowest BCUT2D eigenvalue weighted by atomic mass is 10.2. The average molecular weight is 322 g/mol. The number of pyridine rings is 1. The van der Waals surface area contributed by atoms with Crippen LogP contribution in [0.25, 0.3) is 27.1 Å². The van der Waals surface area contributed by atoms with Gasteiger partial charge in [0.15, 0.2) is 5.65 Å². The standard InChI is InChI=1S/C17H14N4OS/c1-9-6-7-18-16-14(9)20-15(10-2-3-10)21(16)11-4-5-12-13(8-11)23-17(22)19-12/h4-8,10H,2-3H2,1H3,(H,19,22). The van der Waals surface area contributed by atoms with Crippen LogP contribution in [0.3, 0.4) is 0 Å². The summed E-state index contributed by atoms with van der Waals surface area (Å²) in [5.74, 6) is 1.60. The number of hydrogen-bond donors (Lipinski definition) is 1. The first-order chi connectivity index (χ1) is 11.2. The molecule has 23 heavy (non-hydrogen) atoms. The first kappa shape index (κ1) is 13.0. The van der Waals surface area contributed by atoms with Gasteiger partial charge in [-0.25, -0.2) is 9.97 Å². The Hall–Kier alpha value is -2.47. The molecule has 0 amide bonds. The van der Waals surface area contributed by atoms with E-state index in [0.29, 0.717) is 5.92 Å². The summed E-state index contributed by atoms with van der Waals surface area (Å²) in [5.41, 5.74) is 4.91. The molecule has 1 saturated carbocycles. The fourth-order valence-electron chi connectivity index (χ4n) is 3.05. The Balaban J connectivity index is 1.84. The zero-order valence-corrected chi connectivity index (χ0v) is 13.4. The van der Waals surface area contributed by atoms with Crippen molar-refractivity contribution in [2.75, 3.05) is 0 Å². The van der Waals surface area contributed by atoms with Crippen molar-refractivity contribution in [3.05, 3.63) is 51.5 Å². The van der Waals surface area contributed by atoms with Gasteiger partial charge in [0.2, 0.25) is 0 Å². The van der Waals surface area contributed by atoms with Gasteiger partial charge in [0, 0.05) is 12.1 Å². The van der Waals surface area contributed by atoms with Crippen molar-refractivity contribution in [2.24, 2.45) is 0 Å². The van der Waals surface area contributed by atoms with E-state index < -0.39 is 0 Å². The Kier molecular flexibility index (Phi) is 2.56. The van der Waals surface area contributed by atoms with Gasteiger partial charge < -0.3 is 4.98 Å². The molecule has 0 bridgehead atoms. The van der Waals surface area contributed by atoms with Crippen molar-refractivity contribution in [3.8, 4) is 5.69 Å². The predicted molar refractivity (Wildman–Crippen MR) is 91.6 cm³/mol. The van der Waals surface area contributed by atoms with Crippen LogP contribution in [0.2, 0.25) is 0 Å². The number of aromatic nitrogens is 4. The van der Waals surface area contributed by atoms with Gasteiger partial charge >= 0.3 is 4.87 Å². The second-order valence-corrected chi connectivity index (χ2v) is 7.09. The minimum Gasteiger partial charge on any atom is -0.312 e. The number of benzene rings is 1. The van der Waals surface area contributed by atoms with Crippen LogP contribution in [0, 0.1) is 6.92 Å². The number of aromatic amines is 1. The summed E-state index contributed by atoms with van der Waals surface area (Å²) in [7, 11) is 0. The van der Waals surface area contributed by atoms with Crippen LogP contribution in [0.5, 0.6) is 0 Å². The van der Waals surface area contributed by atoms with E-state index in [0.717, 1.165) is 38.5 Å². The number of nitrogens with one attached hydrogen (secondary N) is 1. The maximum Gasteiger partial charge on any atom is 0.305 e. The van der Waals surface area contributed by atoms with Gasteiger partial charge in [-0.15, -0.1) is 0 Å². The molecule has 1 fully saturated rings. The molecule has 1 aliphatic carbocycles. The number of fused-ring (bicyclic) bond motifs is 2. The van der Waals surface area contributed by atoms with Gasteiger partial charge in [-0.05, 0) is 49.6 Å². The summed E-state index contributed by atoms with van der Waals surface area (Å²) in [4.78, 5) is 23.8. The highest BCUT2D eigenvalue weighted by atomic mass is 32.1. The van der Waals surface area contributed by atoms with Crippen molar-refractivity contribution in [3.63, 3.8) is 0 Å². The minimum absolute atomic E-state index is 0.0241. The maximum absolute atomic E-state index is 11.6. The van der Waals surface area contributed by atoms with Crippen molar-refractivity contribution in [1.29, 1.82) is 0 Å². The molecule has 3 aromatic heterocycles. The van der Waals surface area contributed by atoms with Gasteiger partial charge in [-0.3, -0.25) is 9.36 Å². The number of rotatable bonds is 2. The van der Waals surface area contributed by atoms with E-state index >= 15 is 0 Å². The van der Waals surface area contributed by atoms with Crippen molar-refractivity contribution < 1.29 is 0 Å². The zero-order valence-electron chi connectivity index (χ0n) is 12.5. The lowest BCUT2D eigenvalue weighted by Gasteiger charge is -2.08. The Labute approximate surface area is 135 Å². The highest BCUT2D eigenvalue weighted by Gasteiger charge is 2.30. The monoisotopic (exact) mass is 322 g/mol. The Morgan fingerprint density at radius 1 is 1.30 bits per heavy atom. The number of thiazole rings is 1. The summed E-state index contributed by atoms with van der Waals surface area (Å²) < 4.78 is 3.12. The highest BCUT2D eigenvalue weighted by Crippen LogP contribution is 2.42. The first-order valence-corrected chi connectivity index (χ1v) is 8.49. The third kappa shape index (κ3) is 1.95. The molecule has 0 atom stereocenters. The molecule has 1 aromatic carbocycles. The van der Waals surface area contributed by atoms with Crippen LogP contribution >= 0.6 is 11.3 Å². The lowest BCUT2D eigenvalue weighted by Crippen LogP contribution is -2.00. The topological polar surface area (TPSA) is 63.6 Å². The van der Waals surface area contributed by atoms with E-state index in [1.165, 1.54) is 24.2 Å². The largest absolute Gasteiger partial charge is 0.312 e. The minimum atomic E-state index is -0.0241. The molecule has 0 spiro atoms. The van der Waals surface area contributed by atoms with Crippen LogP contribution in [0.15, 0.2) is 35.3 Å². The SMILES string of the molecule is Cc1ccnc2c1nc(C1CC1)n2-c1ccc2[nH]c(=O)sc2c1. The Morgan fingerprint density at radius 3 is 3.00 bits per heavy atom. The van der Waals surface area contributed by atoms with E-state index in [9.17, 15) is 4.79 Å². The van der Waals surface area contributed by atoms with Crippen LogP contribution in [0.4, 0.5) is 0 Å². The van der Waals surface area contributed by atoms with E-state index in [2.05, 4.69) is 27.5 Å². The van der Waals surface area contributed by atoms with E-state index in [1.807, 2.05) is 24.4 Å². The fraction of sp³-hybridized carbons (Fsp3) is 0.235. The number of nitrogens with zero attached hydrogens (tertiary/aromatic N) is 3. The van der Waals surface area contributed by atoms with Gasteiger partial charge in [0.25, 0.3) is 0 Å². The third-order valence-electron chi connectivity index (χ3n) is 4.38. The number of hydrogen-bond acceptors (Lipinski definition) is 4. The molecule has 1 N–H and O–H groups in total. The smallest absolute Gasteiger partial charge is 0.305 e. The number of aryl methyl sites for hydroxylation is 1. The maximum atomic E-state index is 11.6. The normalized spacial score (nSPS) is 14.8. The molecule has 4 aromatic rings. The van der Waals surface area contributed by atoms with E-state index in [-0.39, 0.29) is 4.87 Å². The van der Waals surface area contributed by atoms with Crippen molar-refractivity contribution >= 4 is 32.7 Å². The van der Waals surface area contributed by atoms with Gasteiger partial charge in [0.1, 0.15) is 11.3 Å². The number of H-pyrrole nitrogens is 1. The summed E-state index contributed by atoms with van der Waals surface area (Å²) in [6, 6.07) is 8.04. The molecule has 5 rings (SSSR count). The quantitative estimate of drug-likeness (QED) is 0.614. The summed E-state index contributed by atoms with van der Waals surface area (Å²) in [5, 5.41) is 0. The second-order valence-electron chi connectivity index (χ2n) is 6.07. The molecule has 114 valence electrons. The van der Waals surface area contributed by atoms with Gasteiger partial charge in [-0.2, -0.15) is 0 Å². The lowest BCUT2D eigenvalue weighted by molar-refractivity contribution is 0.891. The van der Waals surface area contributed by atoms with E-state index in [4.69, 9.17) is 4.98 Å². The summed E-state index contributed by atoms with van der Waals surface area (Å²) >= 11 is 1.24. The highest BCUT2D eigenvalue weighted by molar-refractivity contribution is 7.16. The molecule has 1 aliphatic rings. The number of imidazole rings is 1. The molecule has 3 heterocycles. The van der Waals surface area contributed by atoms with Crippen LogP contribution < -0.4 is 4.87 Å². The van der Waals surface area contributed by atoms with Gasteiger partial charge in [0.05, 0.1) is 15.9 Å². The summed E-state index contributed by atoms with van der Waals surface area (Å²) in [6.07, 6.45) is 4.20. The second kappa shape index (κ2) is 4.52. The summed E-state index contributed by atoms with van der Waals surface area (Å²) in [6.45, 7) is 2.07. The molecule has 0 saturated heterocycles. The van der Waals surface area contributed by atoms with Crippen molar-refractivity contribution in [1.82, 2.24) is 19.5 Å². The van der Waals surface area contributed by atoms with Crippen molar-refractivity contribution in [2.45, 2.75) is 25.7 Å². The third-order valence-corrected chi connectivity index (χ3v) is 5.22. The molecule has 5 nitrogen and oxygen atoms in total. The first-order valence-electron chi connectivity index (χ1n) is 7.68. The zero-order chi connectivity index (χ0) is 15.6. The molecule has 0 unspecified atom stereocenters. The van der Waals surface area contributed by atoms with Crippen LogP contribution in [-0.2, 0) is 0 Å². The Bertz CT molecular complexity index is 1120. The Morgan fingerprint density at radius 2 is 2.17 bits per heavy atom. The molecule has 6 heteroatoms. The fourth-order valence-corrected chi connectivity index (χ4v) is 3.82. The van der Waals surface area contributed by atoms with Crippen LogP contribution in [0.1, 0.15) is 30.1 Å². The van der Waals surface area contributed by atoms with Crippen LogP contribution in [-0.4, -0.2) is 19.5 Å². The average Bonchev–Trinajstić information content (AvgIpc) is 3.19.